The molecule has 2 aliphatic heterocycles. The highest BCUT2D eigenvalue weighted by atomic mass is 16.5. The smallest absolute Gasteiger partial charge is 0.325 e. The molecule has 208 valence electrons. The van der Waals surface area contributed by atoms with Gasteiger partial charge in [0.2, 0.25) is 11.8 Å². The van der Waals surface area contributed by atoms with Crippen molar-refractivity contribution in [3.8, 4) is 0 Å². The fourth-order valence-electron chi connectivity index (χ4n) is 4.71. The van der Waals surface area contributed by atoms with Crippen molar-refractivity contribution in [2.75, 3.05) is 6.54 Å². The van der Waals surface area contributed by atoms with Crippen LogP contribution in [0.4, 0.5) is 0 Å². The van der Waals surface area contributed by atoms with E-state index in [1.165, 1.54) is 5.01 Å². The van der Waals surface area contributed by atoms with E-state index < -0.39 is 42.0 Å². The molecule has 0 aliphatic carbocycles. The van der Waals surface area contributed by atoms with Gasteiger partial charge in [0.25, 0.3) is 5.91 Å². The molecule has 5 atom stereocenters. The van der Waals surface area contributed by atoms with Crippen molar-refractivity contribution in [3.05, 3.63) is 47.8 Å². The average molecular weight is 536 g/mol. The zero-order chi connectivity index (χ0) is 28.3. The number of benzene rings is 1. The van der Waals surface area contributed by atoms with E-state index in [1.54, 1.807) is 32.2 Å². The number of esters is 1. The second-order valence-corrected chi connectivity index (χ2v) is 10.7. The van der Waals surface area contributed by atoms with Crippen molar-refractivity contribution < 1.29 is 23.9 Å². The van der Waals surface area contributed by atoms with Crippen LogP contribution in [0.5, 0.6) is 0 Å². The highest BCUT2D eigenvalue weighted by Crippen LogP contribution is 2.24. The molecular formula is C29H37N5O5. The Bertz CT molecular complexity index is 1290. The Kier molecular flexibility index (Phi) is 8.64. The monoisotopic (exact) mass is 535 g/mol. The molecular weight excluding hydrogens is 498 g/mol. The quantitative estimate of drug-likeness (QED) is 0.479. The standard InChI is InChI=1S/C29H37N5O5/c1-16(2)25-27(36)31-18(4)28(37)34-12-6-7-24(33-34)29(38)39-19(5)20-9-10-21-15-30-23(14-22(21)13-20)11-8-17(3)26(35)32-25/h8-11,13-19,24-25,33H,6-7,12H2,1-5H3,(H,31,36)(H,32,35)/b11-8+/t17?,18-,19+,24?,25-/m0/s1. The Hall–Kier alpha value is -3.79. The Morgan fingerprint density at radius 2 is 1.77 bits per heavy atom. The van der Waals surface area contributed by atoms with Crippen molar-refractivity contribution >= 4 is 40.5 Å². The molecule has 0 radical (unpaired) electrons. The maximum absolute atomic E-state index is 13.1. The summed E-state index contributed by atoms with van der Waals surface area (Å²) in [5.74, 6) is -2.31. The summed E-state index contributed by atoms with van der Waals surface area (Å²) in [7, 11) is 0. The summed E-state index contributed by atoms with van der Waals surface area (Å²) >= 11 is 0. The third-order valence-corrected chi connectivity index (χ3v) is 7.21. The number of rotatable bonds is 1. The molecule has 4 rings (SSSR count). The third kappa shape index (κ3) is 6.62. The van der Waals surface area contributed by atoms with Gasteiger partial charge in [0, 0.05) is 18.1 Å². The highest BCUT2D eigenvalue weighted by molar-refractivity contribution is 5.93. The van der Waals surface area contributed by atoms with Crippen LogP contribution < -0.4 is 16.1 Å². The summed E-state index contributed by atoms with van der Waals surface area (Å²) in [4.78, 5) is 56.7. The van der Waals surface area contributed by atoms with Gasteiger partial charge < -0.3 is 15.4 Å². The van der Waals surface area contributed by atoms with Crippen LogP contribution in [0.2, 0.25) is 0 Å². The van der Waals surface area contributed by atoms with Crippen molar-refractivity contribution in [1.29, 1.82) is 0 Å². The Labute approximate surface area is 228 Å². The number of cyclic esters (lactones) is 1. The minimum absolute atomic E-state index is 0.209. The van der Waals surface area contributed by atoms with E-state index in [9.17, 15) is 19.2 Å². The Morgan fingerprint density at radius 3 is 2.51 bits per heavy atom. The summed E-state index contributed by atoms with van der Waals surface area (Å²) in [6.07, 6.45) is 5.89. The SMILES string of the molecule is CC1/C=C/c2cc3cc(ccc3cn2)[C@@H](C)OC(=O)C2CCCN(N2)C(=O)[C@H](C)NC(=O)[C@H](C(C)C)NC1=O. The first-order valence-corrected chi connectivity index (χ1v) is 13.5. The molecule has 5 bridgehead atoms. The van der Waals surface area contributed by atoms with Gasteiger partial charge in [-0.25, -0.2) is 5.43 Å². The van der Waals surface area contributed by atoms with Crippen LogP contribution in [0.1, 0.15) is 64.8 Å². The number of carbonyl (C=O) groups is 4. The molecule has 1 aromatic carbocycles. The van der Waals surface area contributed by atoms with Crippen molar-refractivity contribution in [1.82, 2.24) is 26.1 Å². The van der Waals surface area contributed by atoms with Crippen molar-refractivity contribution in [2.24, 2.45) is 11.8 Å². The van der Waals surface area contributed by atoms with E-state index in [0.717, 1.165) is 16.3 Å². The molecule has 1 fully saturated rings. The fraction of sp³-hybridized carbons (Fsp3) is 0.483. The molecule has 2 aromatic rings. The molecule has 1 saturated heterocycles. The molecule has 3 N–H and O–H groups in total. The van der Waals surface area contributed by atoms with E-state index in [4.69, 9.17) is 4.74 Å². The second kappa shape index (κ2) is 11.9. The number of hydrazine groups is 1. The van der Waals surface area contributed by atoms with Crippen LogP contribution in [0, 0.1) is 11.8 Å². The minimum atomic E-state index is -0.868. The number of ether oxygens (including phenoxy) is 1. The van der Waals surface area contributed by atoms with E-state index in [2.05, 4.69) is 21.0 Å². The van der Waals surface area contributed by atoms with Crippen LogP contribution in [0.15, 0.2) is 36.5 Å². The molecule has 0 saturated carbocycles. The van der Waals surface area contributed by atoms with Gasteiger partial charge in [-0.3, -0.25) is 29.2 Å². The van der Waals surface area contributed by atoms with E-state index in [0.29, 0.717) is 25.1 Å². The van der Waals surface area contributed by atoms with Gasteiger partial charge in [-0.15, -0.1) is 0 Å². The van der Waals surface area contributed by atoms with Crippen molar-refractivity contribution in [3.63, 3.8) is 0 Å². The van der Waals surface area contributed by atoms with Gasteiger partial charge in [0.05, 0.1) is 11.6 Å². The maximum Gasteiger partial charge on any atom is 0.325 e. The first kappa shape index (κ1) is 28.2. The van der Waals surface area contributed by atoms with Gasteiger partial charge in [0.15, 0.2) is 0 Å². The lowest BCUT2D eigenvalue weighted by atomic mass is 10.0. The fourth-order valence-corrected chi connectivity index (χ4v) is 4.71. The number of hydrogen-bond donors (Lipinski definition) is 3. The van der Waals surface area contributed by atoms with E-state index >= 15 is 0 Å². The van der Waals surface area contributed by atoms with Crippen LogP contribution in [0.3, 0.4) is 0 Å². The first-order valence-electron chi connectivity index (χ1n) is 13.5. The summed E-state index contributed by atoms with van der Waals surface area (Å²) in [5.41, 5.74) is 4.48. The molecule has 3 heterocycles. The number of nitrogens with one attached hydrogen (secondary N) is 3. The third-order valence-electron chi connectivity index (χ3n) is 7.21. The molecule has 39 heavy (non-hydrogen) atoms. The lowest BCUT2D eigenvalue weighted by molar-refractivity contribution is -0.157. The Morgan fingerprint density at radius 1 is 1.00 bits per heavy atom. The number of amides is 3. The lowest BCUT2D eigenvalue weighted by Crippen LogP contribution is -2.61. The first-order chi connectivity index (χ1) is 18.5. The second-order valence-electron chi connectivity index (χ2n) is 10.7. The maximum atomic E-state index is 13.1. The molecule has 10 heteroatoms. The van der Waals surface area contributed by atoms with E-state index in [-0.39, 0.29) is 17.7 Å². The summed E-state index contributed by atoms with van der Waals surface area (Å²) in [6.45, 7) is 9.20. The van der Waals surface area contributed by atoms with Gasteiger partial charge >= 0.3 is 5.97 Å². The van der Waals surface area contributed by atoms with Crippen LogP contribution in [0.25, 0.3) is 16.8 Å². The van der Waals surface area contributed by atoms with Crippen LogP contribution in [-0.2, 0) is 23.9 Å². The number of aromatic nitrogens is 1. The van der Waals surface area contributed by atoms with Gasteiger partial charge in [0.1, 0.15) is 24.2 Å². The predicted octanol–water partition coefficient (Wildman–Crippen LogP) is 2.64. The molecule has 3 amide bonds. The number of fused-ring (bicyclic) bond motifs is 4. The highest BCUT2D eigenvalue weighted by Gasteiger charge is 2.34. The largest absolute Gasteiger partial charge is 0.457 e. The number of nitrogens with zero attached hydrogens (tertiary/aromatic N) is 2. The summed E-state index contributed by atoms with van der Waals surface area (Å²) in [5, 5.41) is 8.78. The average Bonchev–Trinajstić information content (AvgIpc) is 2.92. The van der Waals surface area contributed by atoms with Gasteiger partial charge in [-0.1, -0.05) is 39.0 Å². The van der Waals surface area contributed by atoms with Crippen molar-refractivity contribution in [2.45, 2.75) is 71.7 Å². The van der Waals surface area contributed by atoms with Crippen LogP contribution in [-0.4, -0.2) is 58.4 Å². The molecule has 10 nitrogen and oxygen atoms in total. The number of pyridine rings is 1. The van der Waals surface area contributed by atoms with Crippen LogP contribution >= 0.6 is 0 Å². The van der Waals surface area contributed by atoms with E-state index in [1.807, 2.05) is 45.0 Å². The Balaban J connectivity index is 1.67. The molecule has 2 aliphatic rings. The molecule has 0 spiro atoms. The van der Waals surface area contributed by atoms with Gasteiger partial charge in [-0.2, -0.15) is 0 Å². The zero-order valence-electron chi connectivity index (χ0n) is 23.1. The normalized spacial score (nSPS) is 28.2. The number of hydrogen-bond acceptors (Lipinski definition) is 7. The minimum Gasteiger partial charge on any atom is -0.457 e. The summed E-state index contributed by atoms with van der Waals surface area (Å²) < 4.78 is 5.78. The topological polar surface area (TPSA) is 130 Å². The molecule has 2 unspecified atom stereocenters. The molecule has 1 aromatic heterocycles. The predicted molar refractivity (Wildman–Crippen MR) is 147 cm³/mol. The number of carbonyl (C=O) groups excluding carboxylic acids is 4. The zero-order valence-corrected chi connectivity index (χ0v) is 23.1. The van der Waals surface area contributed by atoms with Gasteiger partial charge in [-0.05, 0) is 61.8 Å². The summed E-state index contributed by atoms with van der Waals surface area (Å²) in [6, 6.07) is 5.32. The lowest BCUT2D eigenvalue weighted by Gasteiger charge is -2.35.